The highest BCUT2D eigenvalue weighted by Gasteiger charge is 2.36. The van der Waals surface area contributed by atoms with Crippen LogP contribution >= 0.6 is 0 Å². The van der Waals surface area contributed by atoms with E-state index in [4.69, 9.17) is 10.5 Å². The molecular formula is C13H25N3O3. The number of ether oxygens (including phenoxy) is 1. The van der Waals surface area contributed by atoms with Gasteiger partial charge in [0.15, 0.2) is 0 Å². The van der Waals surface area contributed by atoms with Crippen molar-refractivity contribution in [1.82, 2.24) is 9.80 Å². The zero-order chi connectivity index (χ0) is 14.4. The fourth-order valence-electron chi connectivity index (χ4n) is 2.37. The molecule has 2 atom stereocenters. The number of hydrogen-bond donors (Lipinski definition) is 1. The predicted octanol–water partition coefficient (Wildman–Crippen LogP) is -0.180. The Morgan fingerprint density at radius 3 is 2.74 bits per heavy atom. The van der Waals surface area contributed by atoms with Crippen molar-refractivity contribution in [2.75, 3.05) is 34.4 Å². The highest BCUT2D eigenvalue weighted by molar-refractivity contribution is 5.90. The summed E-state index contributed by atoms with van der Waals surface area (Å²) in [6.45, 7) is 1.22. The molecule has 6 heteroatoms. The van der Waals surface area contributed by atoms with Gasteiger partial charge in [-0.1, -0.05) is 0 Å². The molecule has 19 heavy (non-hydrogen) atoms. The first kappa shape index (κ1) is 15.9. The van der Waals surface area contributed by atoms with Crippen LogP contribution in [0.1, 0.15) is 25.7 Å². The topological polar surface area (TPSA) is 75.9 Å². The summed E-state index contributed by atoms with van der Waals surface area (Å²) in [5.74, 6) is -0.135. The van der Waals surface area contributed by atoms with Gasteiger partial charge in [0, 0.05) is 34.4 Å². The normalized spacial score (nSPS) is 20.4. The number of carbonyl (C=O) groups excluding carboxylic acids is 2. The number of methoxy groups -OCH3 is 1. The van der Waals surface area contributed by atoms with Gasteiger partial charge in [0.05, 0.1) is 6.04 Å². The Morgan fingerprint density at radius 1 is 1.47 bits per heavy atom. The van der Waals surface area contributed by atoms with E-state index in [1.54, 1.807) is 26.1 Å². The summed E-state index contributed by atoms with van der Waals surface area (Å²) in [5, 5.41) is 0. The molecule has 0 spiro atoms. The van der Waals surface area contributed by atoms with E-state index in [9.17, 15) is 9.59 Å². The second-order valence-electron chi connectivity index (χ2n) is 5.16. The molecule has 1 fully saturated rings. The first-order chi connectivity index (χ1) is 8.99. The Bertz CT molecular complexity index is 320. The molecule has 1 aliphatic rings. The minimum absolute atomic E-state index is 0.0186. The molecule has 0 aromatic carbocycles. The highest BCUT2D eigenvalue weighted by Crippen LogP contribution is 2.20. The lowest BCUT2D eigenvalue weighted by molar-refractivity contribution is -0.143. The fourth-order valence-corrected chi connectivity index (χ4v) is 2.37. The van der Waals surface area contributed by atoms with E-state index in [0.717, 1.165) is 19.3 Å². The highest BCUT2D eigenvalue weighted by atomic mass is 16.5. The van der Waals surface area contributed by atoms with Gasteiger partial charge in [0.25, 0.3) is 0 Å². The molecule has 0 radical (unpaired) electrons. The lowest BCUT2D eigenvalue weighted by Gasteiger charge is -2.28. The molecule has 2 amide bonds. The lowest BCUT2D eigenvalue weighted by Crippen LogP contribution is -2.51. The van der Waals surface area contributed by atoms with Crippen LogP contribution in [0.3, 0.4) is 0 Å². The van der Waals surface area contributed by atoms with Crippen molar-refractivity contribution in [3.8, 4) is 0 Å². The third-order valence-corrected chi connectivity index (χ3v) is 3.44. The van der Waals surface area contributed by atoms with Gasteiger partial charge >= 0.3 is 0 Å². The summed E-state index contributed by atoms with van der Waals surface area (Å²) in [4.78, 5) is 27.5. The van der Waals surface area contributed by atoms with Crippen LogP contribution in [0.25, 0.3) is 0 Å². The number of hydrogen-bond acceptors (Lipinski definition) is 4. The van der Waals surface area contributed by atoms with E-state index in [-0.39, 0.29) is 17.9 Å². The number of rotatable bonds is 6. The molecule has 0 saturated carbocycles. The SMILES string of the molecule is COCCCC(N)C(=O)N1CCCC1C(=O)N(C)C. The zero-order valence-corrected chi connectivity index (χ0v) is 12.1. The standard InChI is InChI=1S/C13H25N3O3/c1-15(2)13(18)11-7-4-8-16(11)12(17)10(14)6-5-9-19-3/h10-11H,4-9,14H2,1-3H3. The Kier molecular flexibility index (Phi) is 6.24. The van der Waals surface area contributed by atoms with Gasteiger partial charge in [-0.3, -0.25) is 9.59 Å². The van der Waals surface area contributed by atoms with Crippen LogP contribution in [0, 0.1) is 0 Å². The number of amides is 2. The summed E-state index contributed by atoms with van der Waals surface area (Å²) in [7, 11) is 5.04. The Morgan fingerprint density at radius 2 is 2.16 bits per heavy atom. The molecule has 1 rings (SSSR count). The van der Waals surface area contributed by atoms with Crippen LogP contribution in [0.5, 0.6) is 0 Å². The van der Waals surface area contributed by atoms with Crippen molar-refractivity contribution < 1.29 is 14.3 Å². The van der Waals surface area contributed by atoms with E-state index in [0.29, 0.717) is 19.6 Å². The van der Waals surface area contributed by atoms with E-state index >= 15 is 0 Å². The number of carbonyl (C=O) groups is 2. The van der Waals surface area contributed by atoms with Crippen LogP contribution in [-0.4, -0.2) is 68.1 Å². The number of nitrogens with two attached hydrogens (primary N) is 1. The largest absolute Gasteiger partial charge is 0.385 e. The second kappa shape index (κ2) is 7.45. The van der Waals surface area contributed by atoms with Gasteiger partial charge in [0.2, 0.25) is 11.8 Å². The van der Waals surface area contributed by atoms with Crippen LogP contribution < -0.4 is 5.73 Å². The third kappa shape index (κ3) is 4.18. The smallest absolute Gasteiger partial charge is 0.244 e. The number of nitrogens with zero attached hydrogens (tertiary/aromatic N) is 2. The lowest BCUT2D eigenvalue weighted by atomic mass is 10.1. The van der Waals surface area contributed by atoms with Gasteiger partial charge < -0.3 is 20.3 Å². The first-order valence-electron chi connectivity index (χ1n) is 6.75. The maximum Gasteiger partial charge on any atom is 0.244 e. The molecule has 1 saturated heterocycles. The number of likely N-dealkylation sites (tertiary alicyclic amines) is 1. The van der Waals surface area contributed by atoms with Gasteiger partial charge in [-0.15, -0.1) is 0 Å². The van der Waals surface area contributed by atoms with Crippen LogP contribution in [0.4, 0.5) is 0 Å². The van der Waals surface area contributed by atoms with E-state index in [1.165, 1.54) is 4.90 Å². The van der Waals surface area contributed by atoms with E-state index < -0.39 is 6.04 Å². The van der Waals surface area contributed by atoms with Gasteiger partial charge in [-0.25, -0.2) is 0 Å². The molecule has 2 unspecified atom stereocenters. The second-order valence-corrected chi connectivity index (χ2v) is 5.16. The van der Waals surface area contributed by atoms with Crippen molar-refractivity contribution in [1.29, 1.82) is 0 Å². The van der Waals surface area contributed by atoms with Crippen molar-refractivity contribution in [3.05, 3.63) is 0 Å². The Balaban J connectivity index is 2.57. The Hall–Kier alpha value is -1.14. The van der Waals surface area contributed by atoms with Crippen LogP contribution in [-0.2, 0) is 14.3 Å². The minimum Gasteiger partial charge on any atom is -0.385 e. The molecule has 0 bridgehead atoms. The van der Waals surface area contributed by atoms with Crippen molar-refractivity contribution in [3.63, 3.8) is 0 Å². The molecule has 0 aromatic heterocycles. The summed E-state index contributed by atoms with van der Waals surface area (Å²) >= 11 is 0. The third-order valence-electron chi connectivity index (χ3n) is 3.44. The van der Waals surface area contributed by atoms with Gasteiger partial charge in [-0.2, -0.15) is 0 Å². The van der Waals surface area contributed by atoms with Crippen LogP contribution in [0.15, 0.2) is 0 Å². The summed E-state index contributed by atoms with van der Waals surface area (Å²) in [6, 6.07) is -0.873. The van der Waals surface area contributed by atoms with E-state index in [2.05, 4.69) is 0 Å². The first-order valence-corrected chi connectivity index (χ1v) is 6.75. The van der Waals surface area contributed by atoms with E-state index in [1.807, 2.05) is 0 Å². The number of likely N-dealkylation sites (N-methyl/N-ethyl adjacent to an activating group) is 1. The quantitative estimate of drug-likeness (QED) is 0.680. The summed E-state index contributed by atoms with van der Waals surface area (Å²) in [6.07, 6.45) is 2.93. The molecule has 0 aromatic rings. The maximum atomic E-state index is 12.3. The van der Waals surface area contributed by atoms with Crippen LogP contribution in [0.2, 0.25) is 0 Å². The average molecular weight is 271 g/mol. The average Bonchev–Trinajstić information content (AvgIpc) is 2.85. The monoisotopic (exact) mass is 271 g/mol. The van der Waals surface area contributed by atoms with Crippen molar-refractivity contribution in [2.45, 2.75) is 37.8 Å². The predicted molar refractivity (Wildman–Crippen MR) is 72.5 cm³/mol. The van der Waals surface area contributed by atoms with Crippen molar-refractivity contribution >= 4 is 11.8 Å². The molecule has 110 valence electrons. The molecule has 6 nitrogen and oxygen atoms in total. The minimum atomic E-state index is -0.536. The molecule has 1 aliphatic heterocycles. The van der Waals surface area contributed by atoms with Gasteiger partial charge in [0.1, 0.15) is 6.04 Å². The summed E-state index contributed by atoms with van der Waals surface area (Å²) in [5.41, 5.74) is 5.90. The molecule has 2 N–H and O–H groups in total. The fraction of sp³-hybridized carbons (Fsp3) is 0.846. The molecular weight excluding hydrogens is 246 g/mol. The maximum absolute atomic E-state index is 12.3. The summed E-state index contributed by atoms with van der Waals surface area (Å²) < 4.78 is 4.95. The molecule has 1 heterocycles. The Labute approximate surface area is 114 Å². The van der Waals surface area contributed by atoms with Gasteiger partial charge in [-0.05, 0) is 25.7 Å². The molecule has 0 aliphatic carbocycles. The zero-order valence-electron chi connectivity index (χ0n) is 12.1. The van der Waals surface area contributed by atoms with Crippen molar-refractivity contribution in [2.24, 2.45) is 5.73 Å².